The third-order valence-corrected chi connectivity index (χ3v) is 12.6. The van der Waals surface area contributed by atoms with E-state index in [4.69, 9.17) is 28.9 Å². The van der Waals surface area contributed by atoms with Gasteiger partial charge in [0.05, 0.1) is 28.1 Å². The lowest BCUT2D eigenvalue weighted by atomic mass is 9.55. The molecule has 4 aromatic carbocycles. The lowest BCUT2D eigenvalue weighted by Crippen LogP contribution is -2.69. The predicted octanol–water partition coefficient (Wildman–Crippen LogP) is 9.19. The number of non-ortho nitro benzene ring substituents is 2. The Hall–Kier alpha value is -6.69. The van der Waals surface area contributed by atoms with E-state index in [9.17, 15) is 39.6 Å². The fourth-order valence-electron chi connectivity index (χ4n) is 9.43. The number of amides is 1. The van der Waals surface area contributed by atoms with Crippen LogP contribution in [-0.2, 0) is 22.8 Å². The third kappa shape index (κ3) is 10.4. The molecule has 2 aliphatic carbocycles. The van der Waals surface area contributed by atoms with Crippen LogP contribution in [0.3, 0.4) is 0 Å². The van der Waals surface area contributed by atoms with Crippen molar-refractivity contribution >= 4 is 23.2 Å². The molecule has 17 heteroatoms. The second-order valence-corrected chi connectivity index (χ2v) is 16.6. The first kappa shape index (κ1) is 47.3. The summed E-state index contributed by atoms with van der Waals surface area (Å²) in [5, 5.41) is 47.3. The normalized spacial score (nSPS) is 22.2. The molecular weight excluding hydrogens is 856 g/mol. The quantitative estimate of drug-likeness (QED) is 0.0347. The summed E-state index contributed by atoms with van der Waals surface area (Å²) in [5.74, 6) is -2.23. The molecule has 1 heterocycles. The SMILES string of the molecule is C=CCOC12Oc3ccc(OCc4ccccc4F)cc3C3C(CCCCO)C(CCCCO)C=C(C(=NOCc4ccc([N+](=O)[O-])cc4)CC1N(C)C(=O)Oc1ccc([N+](=O)[O-])cc1)C32. The van der Waals surface area contributed by atoms with E-state index in [0.717, 1.165) is 17.6 Å². The van der Waals surface area contributed by atoms with Crippen molar-refractivity contribution in [3.05, 3.63) is 158 Å². The smallest absolute Gasteiger partial charge is 0.415 e. The largest absolute Gasteiger partial charge is 0.489 e. The van der Waals surface area contributed by atoms with E-state index in [-0.39, 0.29) is 68.4 Å². The van der Waals surface area contributed by atoms with Gasteiger partial charge in [-0.1, -0.05) is 48.3 Å². The van der Waals surface area contributed by atoms with Crippen LogP contribution in [0, 0.1) is 43.8 Å². The van der Waals surface area contributed by atoms with Gasteiger partial charge in [-0.15, -0.1) is 6.58 Å². The number of allylic oxidation sites excluding steroid dienone is 1. The first-order valence-electron chi connectivity index (χ1n) is 22.0. The predicted molar refractivity (Wildman–Crippen MR) is 240 cm³/mol. The number of nitrogens with zero attached hydrogens (tertiary/aromatic N) is 4. The van der Waals surface area contributed by atoms with Crippen molar-refractivity contribution in [2.45, 2.75) is 75.9 Å². The summed E-state index contributed by atoms with van der Waals surface area (Å²) in [6, 6.07) is 21.9. The van der Waals surface area contributed by atoms with Crippen LogP contribution < -0.4 is 14.2 Å². The molecule has 0 aromatic heterocycles. The number of oxime groups is 1. The van der Waals surface area contributed by atoms with E-state index in [2.05, 4.69) is 12.7 Å². The summed E-state index contributed by atoms with van der Waals surface area (Å²) in [5.41, 5.74) is 2.80. The van der Waals surface area contributed by atoms with Crippen LogP contribution in [0.2, 0.25) is 0 Å². The summed E-state index contributed by atoms with van der Waals surface area (Å²) in [6.45, 7) is 3.91. The molecule has 0 saturated heterocycles. The van der Waals surface area contributed by atoms with Crippen LogP contribution >= 0.6 is 0 Å². The van der Waals surface area contributed by atoms with Crippen LogP contribution in [0.4, 0.5) is 20.6 Å². The Morgan fingerprint density at radius 1 is 0.924 bits per heavy atom. The van der Waals surface area contributed by atoms with Gasteiger partial charge in [0, 0.05) is 68.0 Å². The Morgan fingerprint density at radius 3 is 2.26 bits per heavy atom. The lowest BCUT2D eigenvalue weighted by Gasteiger charge is -2.59. The first-order chi connectivity index (χ1) is 32.0. The summed E-state index contributed by atoms with van der Waals surface area (Å²) in [4.78, 5) is 43.4. The van der Waals surface area contributed by atoms with Crippen LogP contribution in [0.5, 0.6) is 17.2 Å². The van der Waals surface area contributed by atoms with E-state index < -0.39 is 45.4 Å². The van der Waals surface area contributed by atoms with Gasteiger partial charge in [-0.05, 0) is 97.2 Å². The van der Waals surface area contributed by atoms with Gasteiger partial charge in [-0.2, -0.15) is 0 Å². The number of hydrogen-bond acceptors (Lipinski definition) is 13. The fourth-order valence-corrected chi connectivity index (χ4v) is 9.43. The number of hydrogen-bond donors (Lipinski definition) is 2. The number of benzene rings is 4. The summed E-state index contributed by atoms with van der Waals surface area (Å²) < 4.78 is 40.9. The number of carbonyl (C=O) groups excluding carboxylic acids is 1. The van der Waals surface area contributed by atoms with Gasteiger partial charge in [0.25, 0.3) is 11.4 Å². The van der Waals surface area contributed by atoms with Gasteiger partial charge < -0.3 is 38.9 Å². The van der Waals surface area contributed by atoms with Gasteiger partial charge in [-0.3, -0.25) is 20.2 Å². The highest BCUT2D eigenvalue weighted by molar-refractivity contribution is 6.03. The van der Waals surface area contributed by atoms with E-state index >= 15 is 0 Å². The Labute approximate surface area is 381 Å². The molecule has 0 radical (unpaired) electrons. The number of nitro groups is 2. The number of carbonyl (C=O) groups is 1. The minimum Gasteiger partial charge on any atom is -0.489 e. The topological polar surface area (TPSA) is 206 Å². The average molecular weight is 909 g/mol. The van der Waals surface area contributed by atoms with E-state index in [1.807, 2.05) is 6.07 Å². The molecule has 4 aromatic rings. The first-order valence-corrected chi connectivity index (χ1v) is 22.0. The van der Waals surface area contributed by atoms with Gasteiger partial charge >= 0.3 is 6.09 Å². The number of aliphatic hydroxyl groups is 2. The Bertz CT molecular complexity index is 2430. The van der Waals surface area contributed by atoms with Crippen molar-refractivity contribution in [1.82, 2.24) is 4.90 Å². The molecular formula is C49H53FN4O12. The zero-order valence-corrected chi connectivity index (χ0v) is 36.5. The van der Waals surface area contributed by atoms with Crippen LogP contribution in [0.25, 0.3) is 0 Å². The van der Waals surface area contributed by atoms with E-state index in [1.165, 1.54) is 47.4 Å². The average Bonchev–Trinajstić information content (AvgIpc) is 3.32. The number of likely N-dealkylation sites (N-methyl/N-ethyl adjacent to an activating group) is 1. The molecule has 1 saturated carbocycles. The number of nitro benzene ring substituents is 2. The molecule has 6 unspecified atom stereocenters. The number of unbranched alkanes of at least 4 members (excludes halogenated alkanes) is 2. The molecule has 0 bridgehead atoms. The molecule has 6 atom stereocenters. The molecule has 16 nitrogen and oxygen atoms in total. The number of rotatable bonds is 21. The second kappa shape index (κ2) is 21.5. The minimum atomic E-state index is -1.61. The minimum absolute atomic E-state index is 0.00381. The molecule has 66 heavy (non-hydrogen) atoms. The highest BCUT2D eigenvalue weighted by Crippen LogP contribution is 2.62. The monoisotopic (exact) mass is 908 g/mol. The van der Waals surface area contributed by atoms with Crippen molar-refractivity contribution in [2.75, 3.05) is 26.9 Å². The van der Waals surface area contributed by atoms with Crippen molar-refractivity contribution in [2.24, 2.45) is 22.9 Å². The molecule has 1 aliphatic heterocycles. The number of ether oxygens (including phenoxy) is 4. The number of aliphatic hydroxyl groups excluding tert-OH is 2. The highest BCUT2D eigenvalue weighted by Gasteiger charge is 2.65. The van der Waals surface area contributed by atoms with Gasteiger partial charge in [0.2, 0.25) is 5.79 Å². The number of halogens is 1. The lowest BCUT2D eigenvalue weighted by molar-refractivity contribution is -0.385. The third-order valence-electron chi connectivity index (χ3n) is 12.6. The molecule has 0 spiro atoms. The molecule has 2 N–H and O–H groups in total. The van der Waals surface area contributed by atoms with Crippen LogP contribution in [0.1, 0.15) is 67.6 Å². The Balaban J connectivity index is 1.37. The Morgan fingerprint density at radius 2 is 1.59 bits per heavy atom. The highest BCUT2D eigenvalue weighted by atomic mass is 19.1. The second-order valence-electron chi connectivity index (χ2n) is 16.6. The van der Waals surface area contributed by atoms with Crippen molar-refractivity contribution < 1.29 is 53.0 Å². The maximum Gasteiger partial charge on any atom is 0.415 e. The van der Waals surface area contributed by atoms with Crippen molar-refractivity contribution in [3.63, 3.8) is 0 Å². The van der Waals surface area contributed by atoms with E-state index in [0.29, 0.717) is 60.4 Å². The molecule has 7 rings (SSSR count). The van der Waals surface area contributed by atoms with Gasteiger partial charge in [0.15, 0.2) is 0 Å². The van der Waals surface area contributed by atoms with Gasteiger partial charge in [-0.25, -0.2) is 9.18 Å². The summed E-state index contributed by atoms with van der Waals surface area (Å²) >= 11 is 0. The molecule has 348 valence electrons. The summed E-state index contributed by atoms with van der Waals surface area (Å²) in [6.07, 6.45) is 6.93. The molecule has 1 fully saturated rings. The summed E-state index contributed by atoms with van der Waals surface area (Å²) in [7, 11) is 1.55. The molecule has 3 aliphatic rings. The van der Waals surface area contributed by atoms with Crippen molar-refractivity contribution in [3.8, 4) is 17.2 Å². The molecule has 1 amide bonds. The Kier molecular flexibility index (Phi) is 15.4. The van der Waals surface area contributed by atoms with Gasteiger partial charge in [0.1, 0.15) is 42.3 Å². The van der Waals surface area contributed by atoms with Crippen molar-refractivity contribution in [1.29, 1.82) is 0 Å². The number of fused-ring (bicyclic) bond motifs is 2. The maximum atomic E-state index is 14.8. The zero-order valence-electron chi connectivity index (χ0n) is 36.5. The van der Waals surface area contributed by atoms with Crippen LogP contribution in [-0.4, -0.2) is 75.5 Å². The zero-order chi connectivity index (χ0) is 46.8. The maximum absolute atomic E-state index is 14.8. The van der Waals surface area contributed by atoms with Crippen LogP contribution in [0.15, 0.2) is 120 Å². The van der Waals surface area contributed by atoms with E-state index in [1.54, 1.807) is 55.6 Å². The standard InChI is InChI=1S/C49H53FN4O12/c1-3-26-63-49-45(52(2)48(57)65-37-20-18-36(19-21-37)54(60)61)29-43(51-64-30-32-14-16-35(17-15-32)53(58)59)40-27-33(10-6-8-24-55)39(12-7-9-25-56)46(47(40)49)41-28-38(22-23-44(41)66-49)62-31-34-11-4-5-13-42(34)50/h3-5,11,13-23,27-28,33,39,45-47,55-56H,1,6-10,12,24-26,29-31H2,2H3. The fraction of sp³-hybridized carbons (Fsp3) is 0.388.